The third-order valence-electron chi connectivity index (χ3n) is 11.8. The fourth-order valence-electron chi connectivity index (χ4n) is 9.41. The summed E-state index contributed by atoms with van der Waals surface area (Å²) in [6.45, 7) is 11.5. The van der Waals surface area contributed by atoms with Crippen LogP contribution in [0.3, 0.4) is 0 Å². The Labute approximate surface area is 289 Å². The molecule has 0 N–H and O–H groups in total. The number of anilines is 1. The Balaban J connectivity index is 1.34. The van der Waals surface area contributed by atoms with Crippen molar-refractivity contribution in [2.75, 3.05) is 18.0 Å². The van der Waals surface area contributed by atoms with Crippen molar-refractivity contribution in [3.05, 3.63) is 131 Å². The highest BCUT2D eigenvalue weighted by Gasteiger charge is 2.51. The largest absolute Gasteiger partial charge is 0.344 e. The fourth-order valence-corrected chi connectivity index (χ4v) is 9.41. The second-order valence-corrected chi connectivity index (χ2v) is 14.9. The van der Waals surface area contributed by atoms with Crippen LogP contribution in [-0.4, -0.2) is 23.4 Å². The van der Waals surface area contributed by atoms with E-state index in [1.165, 1.54) is 114 Å². The molecule has 0 radical (unpaired) electrons. The van der Waals surface area contributed by atoms with Gasteiger partial charge in [-0.05, 0) is 81.2 Å². The number of fused-ring (bicyclic) bond motifs is 5. The van der Waals surface area contributed by atoms with Gasteiger partial charge in [-0.3, -0.25) is 0 Å². The molecule has 2 aliphatic heterocycles. The summed E-state index contributed by atoms with van der Waals surface area (Å²) in [6, 6.07) is 32.2. The first-order valence-corrected chi connectivity index (χ1v) is 19.0. The van der Waals surface area contributed by atoms with E-state index < -0.39 is 0 Å². The molecule has 1 spiro atoms. The highest BCUT2D eigenvalue weighted by Crippen LogP contribution is 2.52. The van der Waals surface area contributed by atoms with Gasteiger partial charge in [-0.25, -0.2) is 0 Å². The van der Waals surface area contributed by atoms with Crippen molar-refractivity contribution < 1.29 is 4.58 Å². The van der Waals surface area contributed by atoms with Crippen LogP contribution >= 0.6 is 0 Å². The standard InChI is InChI=1S/C46H55N2/c1-5-7-8-9-18-32-48-41-29-26-35(3)33-40(41)45(4,34-36-20-12-10-13-21-36)42(48)24-19-25-43-46(30-16-11-17-31-46)39-28-27-37-22-14-15-23-38(37)44(39)47(43)6-2/h10,12-15,19-29,33H,5-9,11,16-18,30-32,34H2,1-4H3/q+1. The van der Waals surface area contributed by atoms with Gasteiger partial charge in [0.15, 0.2) is 5.71 Å². The lowest BCUT2D eigenvalue weighted by atomic mass is 9.67. The highest BCUT2D eigenvalue weighted by molar-refractivity contribution is 6.08. The van der Waals surface area contributed by atoms with Crippen LogP contribution < -0.4 is 4.90 Å². The molecule has 1 fully saturated rings. The summed E-state index contributed by atoms with van der Waals surface area (Å²) in [4.78, 5) is 2.68. The van der Waals surface area contributed by atoms with Crippen LogP contribution in [-0.2, 0) is 17.3 Å². The maximum Gasteiger partial charge on any atom is 0.217 e. The zero-order valence-corrected chi connectivity index (χ0v) is 29.9. The molecule has 4 aromatic rings. The number of nitrogens with zero attached hydrogens (tertiary/aromatic N) is 2. The van der Waals surface area contributed by atoms with Crippen molar-refractivity contribution in [1.82, 2.24) is 0 Å². The maximum absolute atomic E-state index is 2.68. The van der Waals surface area contributed by atoms with Crippen molar-refractivity contribution in [1.29, 1.82) is 0 Å². The first-order chi connectivity index (χ1) is 23.5. The lowest BCUT2D eigenvalue weighted by Crippen LogP contribution is -2.36. The molecular formula is C46H55N2+. The zero-order valence-electron chi connectivity index (χ0n) is 29.9. The number of benzene rings is 4. The second-order valence-electron chi connectivity index (χ2n) is 14.9. The average Bonchev–Trinajstić information content (AvgIpc) is 3.49. The third-order valence-corrected chi connectivity index (χ3v) is 11.8. The van der Waals surface area contributed by atoms with Crippen molar-refractivity contribution in [2.45, 2.75) is 109 Å². The van der Waals surface area contributed by atoms with Gasteiger partial charge in [-0.2, -0.15) is 4.58 Å². The molecule has 2 heterocycles. The minimum atomic E-state index is -0.108. The average molecular weight is 636 g/mol. The maximum atomic E-state index is 2.68. The summed E-state index contributed by atoms with van der Waals surface area (Å²) < 4.78 is 2.67. The predicted molar refractivity (Wildman–Crippen MR) is 206 cm³/mol. The van der Waals surface area contributed by atoms with Crippen molar-refractivity contribution in [3.63, 3.8) is 0 Å². The SMILES string of the molecule is CCCCCCCN1C(=CC=CC2=[N+](CC)c3c(ccc4ccccc34)C23CCCCC3)C(C)(Cc2ccccc2)c2cc(C)ccc21. The Kier molecular flexibility index (Phi) is 9.45. The molecule has 2 heteroatoms. The molecule has 0 aromatic heterocycles. The number of unbranched alkanes of at least 4 members (excludes halogenated alkanes) is 4. The predicted octanol–water partition coefficient (Wildman–Crippen LogP) is 11.9. The van der Waals surface area contributed by atoms with E-state index in [1.54, 1.807) is 5.56 Å². The molecule has 3 aliphatic rings. The quantitative estimate of drug-likeness (QED) is 0.117. The topological polar surface area (TPSA) is 6.25 Å². The van der Waals surface area contributed by atoms with Gasteiger partial charge < -0.3 is 4.90 Å². The van der Waals surface area contributed by atoms with Gasteiger partial charge in [0.2, 0.25) is 5.69 Å². The van der Waals surface area contributed by atoms with Crippen LogP contribution in [0, 0.1) is 6.92 Å². The summed E-state index contributed by atoms with van der Waals surface area (Å²) in [5.41, 5.74) is 11.6. The van der Waals surface area contributed by atoms with E-state index in [-0.39, 0.29) is 10.8 Å². The molecule has 1 atom stereocenters. The van der Waals surface area contributed by atoms with Gasteiger partial charge in [0.1, 0.15) is 6.54 Å². The van der Waals surface area contributed by atoms with Crippen LogP contribution in [0.2, 0.25) is 0 Å². The van der Waals surface area contributed by atoms with Crippen molar-refractivity contribution in [2.24, 2.45) is 0 Å². The molecule has 1 saturated carbocycles. The van der Waals surface area contributed by atoms with Gasteiger partial charge >= 0.3 is 0 Å². The minimum Gasteiger partial charge on any atom is -0.344 e. The molecule has 2 nitrogen and oxygen atoms in total. The Morgan fingerprint density at radius 1 is 0.792 bits per heavy atom. The van der Waals surface area contributed by atoms with Crippen LogP contribution in [0.5, 0.6) is 0 Å². The van der Waals surface area contributed by atoms with E-state index in [1.807, 2.05) is 0 Å². The summed E-state index contributed by atoms with van der Waals surface area (Å²) in [5, 5.41) is 2.74. The molecule has 0 amide bonds. The molecule has 1 aliphatic carbocycles. The minimum absolute atomic E-state index is 0.102. The Bertz CT molecular complexity index is 1850. The van der Waals surface area contributed by atoms with Gasteiger partial charge in [0, 0.05) is 35.0 Å². The third kappa shape index (κ3) is 5.76. The lowest BCUT2D eigenvalue weighted by Gasteiger charge is -2.32. The summed E-state index contributed by atoms with van der Waals surface area (Å²) in [7, 11) is 0. The van der Waals surface area contributed by atoms with Gasteiger partial charge in [0.05, 0.1) is 10.8 Å². The molecular weight excluding hydrogens is 581 g/mol. The number of rotatable bonds is 11. The zero-order chi connectivity index (χ0) is 33.1. The summed E-state index contributed by atoms with van der Waals surface area (Å²) in [5.74, 6) is 0. The highest BCUT2D eigenvalue weighted by atomic mass is 15.2. The smallest absolute Gasteiger partial charge is 0.217 e. The second kappa shape index (κ2) is 13.9. The Morgan fingerprint density at radius 2 is 1.56 bits per heavy atom. The first-order valence-electron chi connectivity index (χ1n) is 19.0. The van der Waals surface area contributed by atoms with E-state index in [0.29, 0.717) is 0 Å². The van der Waals surface area contributed by atoms with Gasteiger partial charge in [-0.1, -0.05) is 136 Å². The van der Waals surface area contributed by atoms with Crippen LogP contribution in [0.25, 0.3) is 10.8 Å². The van der Waals surface area contributed by atoms with E-state index in [0.717, 1.165) is 19.5 Å². The first kappa shape index (κ1) is 32.6. The Hall–Kier alpha value is -3.91. The normalized spacial score (nSPS) is 20.8. The summed E-state index contributed by atoms with van der Waals surface area (Å²) in [6.07, 6.45) is 21.4. The molecule has 0 saturated heterocycles. The van der Waals surface area contributed by atoms with Crippen LogP contribution in [0.15, 0.2) is 109 Å². The monoisotopic (exact) mass is 635 g/mol. The van der Waals surface area contributed by atoms with Crippen molar-refractivity contribution in [3.8, 4) is 0 Å². The number of allylic oxidation sites excluding steroid dienone is 4. The van der Waals surface area contributed by atoms with E-state index in [4.69, 9.17) is 0 Å². The van der Waals surface area contributed by atoms with Gasteiger partial charge in [-0.15, -0.1) is 0 Å². The lowest BCUT2D eigenvalue weighted by molar-refractivity contribution is -0.431. The van der Waals surface area contributed by atoms with E-state index in [9.17, 15) is 0 Å². The van der Waals surface area contributed by atoms with E-state index >= 15 is 0 Å². The number of hydrogen-bond donors (Lipinski definition) is 0. The van der Waals surface area contributed by atoms with Crippen LogP contribution in [0.1, 0.15) is 107 Å². The van der Waals surface area contributed by atoms with Crippen LogP contribution in [0.4, 0.5) is 11.4 Å². The molecule has 1 unspecified atom stereocenters. The number of hydrogen-bond acceptors (Lipinski definition) is 1. The molecule has 4 aromatic carbocycles. The Morgan fingerprint density at radius 3 is 2.35 bits per heavy atom. The fraction of sp³-hybridized carbons (Fsp3) is 0.413. The van der Waals surface area contributed by atoms with Crippen molar-refractivity contribution >= 4 is 27.9 Å². The van der Waals surface area contributed by atoms with Gasteiger partial charge in [0.25, 0.3) is 0 Å². The summed E-state index contributed by atoms with van der Waals surface area (Å²) >= 11 is 0. The molecule has 7 rings (SSSR count). The molecule has 248 valence electrons. The van der Waals surface area contributed by atoms with E-state index in [2.05, 4.69) is 140 Å². The molecule has 48 heavy (non-hydrogen) atoms. The number of aryl methyl sites for hydroxylation is 1. The molecule has 0 bridgehead atoms.